The van der Waals surface area contributed by atoms with Gasteiger partial charge in [-0.2, -0.15) is 0 Å². The summed E-state index contributed by atoms with van der Waals surface area (Å²) in [5, 5.41) is 0. The molecule has 42 heavy (non-hydrogen) atoms. The summed E-state index contributed by atoms with van der Waals surface area (Å²) in [5.74, 6) is 0.215. The first-order valence-corrected chi connectivity index (χ1v) is 17.7. The van der Waals surface area contributed by atoms with Gasteiger partial charge >= 0.3 is 5.97 Å². The van der Waals surface area contributed by atoms with Gasteiger partial charge in [-0.05, 0) is 84.8 Å². The van der Waals surface area contributed by atoms with E-state index in [9.17, 15) is 9.59 Å². The van der Waals surface area contributed by atoms with Gasteiger partial charge in [0.2, 0.25) is 5.91 Å². The maximum Gasteiger partial charge on any atom is 0.305 e. The van der Waals surface area contributed by atoms with E-state index in [1.165, 1.54) is 64.9 Å². The summed E-state index contributed by atoms with van der Waals surface area (Å²) >= 11 is 0. The van der Waals surface area contributed by atoms with Crippen LogP contribution in [-0.4, -0.2) is 81.5 Å². The Bertz CT molecular complexity index is 639. The molecule has 2 unspecified atom stereocenters. The molecule has 1 aliphatic heterocycles. The molecule has 0 aliphatic carbocycles. The Kier molecular flexibility index (Phi) is 25.3. The molecule has 0 spiro atoms. The molecular formula is C35H68N2O5. The van der Waals surface area contributed by atoms with Crippen LogP contribution in [-0.2, 0) is 23.8 Å². The second-order valence-corrected chi connectivity index (χ2v) is 12.7. The number of amides is 1. The number of unbranched alkanes of at least 4 members (excludes halogenated alkanes) is 12. The lowest BCUT2D eigenvalue weighted by Crippen LogP contribution is -2.41. The van der Waals surface area contributed by atoms with Crippen LogP contribution < -0.4 is 0 Å². The van der Waals surface area contributed by atoms with Gasteiger partial charge in [-0.1, -0.05) is 77.6 Å². The summed E-state index contributed by atoms with van der Waals surface area (Å²) in [6.45, 7) is 5.64. The lowest BCUT2D eigenvalue weighted by atomic mass is 9.97. The SMILES string of the molecule is CCCCCCCCCCC(CCCCCCC(=O)OC)N(CCCCCOC1CCCCO1)C(=O)CCCN(C)C. The van der Waals surface area contributed by atoms with Crippen molar-refractivity contribution < 1.29 is 23.8 Å². The molecule has 0 aromatic carbocycles. The van der Waals surface area contributed by atoms with Crippen LogP contribution in [0, 0.1) is 0 Å². The van der Waals surface area contributed by atoms with E-state index in [0.717, 1.165) is 103 Å². The summed E-state index contributed by atoms with van der Waals surface area (Å²) in [6.07, 6.45) is 25.3. The quantitative estimate of drug-likeness (QED) is 0.0669. The molecule has 1 rings (SSSR count). The first kappa shape index (κ1) is 38.8. The van der Waals surface area contributed by atoms with Gasteiger partial charge in [0.25, 0.3) is 0 Å². The maximum absolute atomic E-state index is 13.6. The zero-order valence-electron chi connectivity index (χ0n) is 28.2. The molecule has 248 valence electrons. The topological polar surface area (TPSA) is 68.3 Å². The lowest BCUT2D eigenvalue weighted by Gasteiger charge is -2.33. The van der Waals surface area contributed by atoms with Gasteiger partial charge in [-0.25, -0.2) is 0 Å². The predicted octanol–water partition coefficient (Wildman–Crippen LogP) is 8.28. The summed E-state index contributed by atoms with van der Waals surface area (Å²) in [5.41, 5.74) is 0. The van der Waals surface area contributed by atoms with Crippen LogP contribution in [0.2, 0.25) is 0 Å². The van der Waals surface area contributed by atoms with Crippen molar-refractivity contribution in [3.8, 4) is 0 Å². The van der Waals surface area contributed by atoms with Gasteiger partial charge in [0.1, 0.15) is 0 Å². The molecule has 0 aromatic heterocycles. The minimum atomic E-state index is -0.117. The molecule has 1 heterocycles. The van der Waals surface area contributed by atoms with E-state index in [-0.39, 0.29) is 12.3 Å². The standard InChI is InChI=1S/C35H68N2O5/c1-5-6-7-8-9-10-11-15-23-32(24-16-12-13-17-26-34(39)40-4)37(33(38)25-22-28-36(2)3)29-19-14-20-30-41-35-27-18-21-31-42-35/h32,35H,5-31H2,1-4H3. The maximum atomic E-state index is 13.6. The Morgan fingerprint density at radius 3 is 2.02 bits per heavy atom. The second-order valence-electron chi connectivity index (χ2n) is 12.7. The highest BCUT2D eigenvalue weighted by atomic mass is 16.7. The molecule has 0 bridgehead atoms. The van der Waals surface area contributed by atoms with E-state index in [0.29, 0.717) is 24.8 Å². The number of rotatable bonds is 28. The minimum Gasteiger partial charge on any atom is -0.469 e. The molecular weight excluding hydrogens is 528 g/mol. The average molecular weight is 597 g/mol. The van der Waals surface area contributed by atoms with Crippen LogP contribution in [0.15, 0.2) is 0 Å². The molecule has 1 saturated heterocycles. The zero-order chi connectivity index (χ0) is 30.7. The van der Waals surface area contributed by atoms with Gasteiger partial charge in [-0.3, -0.25) is 9.59 Å². The number of carbonyl (C=O) groups excluding carboxylic acids is 2. The van der Waals surface area contributed by atoms with Crippen molar-refractivity contribution in [3.63, 3.8) is 0 Å². The first-order chi connectivity index (χ1) is 20.5. The fraction of sp³-hybridized carbons (Fsp3) is 0.943. The molecule has 1 fully saturated rings. The van der Waals surface area contributed by atoms with Crippen LogP contribution in [0.4, 0.5) is 0 Å². The predicted molar refractivity (Wildman–Crippen MR) is 174 cm³/mol. The normalized spacial score (nSPS) is 16.1. The van der Waals surface area contributed by atoms with Crippen LogP contribution in [0.5, 0.6) is 0 Å². The smallest absolute Gasteiger partial charge is 0.305 e. The average Bonchev–Trinajstić information content (AvgIpc) is 2.99. The van der Waals surface area contributed by atoms with Crippen molar-refractivity contribution in [3.05, 3.63) is 0 Å². The molecule has 7 heteroatoms. The van der Waals surface area contributed by atoms with E-state index < -0.39 is 0 Å². The highest BCUT2D eigenvalue weighted by molar-refractivity contribution is 5.76. The summed E-state index contributed by atoms with van der Waals surface area (Å²) in [6, 6.07) is 0.324. The van der Waals surface area contributed by atoms with E-state index >= 15 is 0 Å². The third-order valence-corrected chi connectivity index (χ3v) is 8.53. The molecule has 0 saturated carbocycles. The van der Waals surface area contributed by atoms with Crippen molar-refractivity contribution in [2.45, 2.75) is 167 Å². The Balaban J connectivity index is 2.63. The fourth-order valence-electron chi connectivity index (χ4n) is 5.89. The Labute approximate surface area is 259 Å². The van der Waals surface area contributed by atoms with Crippen molar-refractivity contribution in [1.82, 2.24) is 9.80 Å². The number of carbonyl (C=O) groups is 2. The number of esters is 1. The molecule has 7 nitrogen and oxygen atoms in total. The van der Waals surface area contributed by atoms with Gasteiger partial charge < -0.3 is 24.0 Å². The van der Waals surface area contributed by atoms with Crippen LogP contribution >= 0.6 is 0 Å². The molecule has 0 radical (unpaired) electrons. The van der Waals surface area contributed by atoms with Gasteiger partial charge in [0.15, 0.2) is 6.29 Å². The van der Waals surface area contributed by atoms with E-state index in [1.807, 2.05) is 0 Å². The highest BCUT2D eigenvalue weighted by Crippen LogP contribution is 2.22. The largest absolute Gasteiger partial charge is 0.469 e. The van der Waals surface area contributed by atoms with Crippen LogP contribution in [0.25, 0.3) is 0 Å². The Morgan fingerprint density at radius 2 is 1.40 bits per heavy atom. The highest BCUT2D eigenvalue weighted by Gasteiger charge is 2.23. The molecule has 1 aliphatic rings. The number of hydrogen-bond donors (Lipinski definition) is 0. The fourth-order valence-corrected chi connectivity index (χ4v) is 5.89. The van der Waals surface area contributed by atoms with Crippen molar-refractivity contribution in [2.75, 3.05) is 47.5 Å². The van der Waals surface area contributed by atoms with Gasteiger partial charge in [0, 0.05) is 38.6 Å². The number of methoxy groups -OCH3 is 1. The van der Waals surface area contributed by atoms with Gasteiger partial charge in [-0.15, -0.1) is 0 Å². The molecule has 0 aromatic rings. The second kappa shape index (κ2) is 27.4. The number of nitrogens with zero attached hydrogens (tertiary/aromatic N) is 2. The molecule has 1 amide bonds. The lowest BCUT2D eigenvalue weighted by molar-refractivity contribution is -0.162. The zero-order valence-corrected chi connectivity index (χ0v) is 28.2. The number of ether oxygens (including phenoxy) is 3. The third-order valence-electron chi connectivity index (χ3n) is 8.53. The summed E-state index contributed by atoms with van der Waals surface area (Å²) in [4.78, 5) is 29.5. The van der Waals surface area contributed by atoms with Gasteiger partial charge in [0.05, 0.1) is 7.11 Å². The van der Waals surface area contributed by atoms with Crippen LogP contribution in [0.3, 0.4) is 0 Å². The van der Waals surface area contributed by atoms with E-state index in [4.69, 9.17) is 14.2 Å². The van der Waals surface area contributed by atoms with Crippen molar-refractivity contribution in [2.24, 2.45) is 0 Å². The molecule has 2 atom stereocenters. The number of hydrogen-bond acceptors (Lipinski definition) is 6. The van der Waals surface area contributed by atoms with Crippen molar-refractivity contribution in [1.29, 1.82) is 0 Å². The monoisotopic (exact) mass is 597 g/mol. The third kappa shape index (κ3) is 21.5. The summed E-state index contributed by atoms with van der Waals surface area (Å²) < 4.78 is 16.4. The van der Waals surface area contributed by atoms with Crippen molar-refractivity contribution >= 4 is 11.9 Å². The van der Waals surface area contributed by atoms with E-state index in [1.54, 1.807) is 0 Å². The minimum absolute atomic E-state index is 0.0165. The Hall–Kier alpha value is -1.18. The summed E-state index contributed by atoms with van der Waals surface area (Å²) in [7, 11) is 5.61. The van der Waals surface area contributed by atoms with Crippen LogP contribution in [0.1, 0.15) is 155 Å². The first-order valence-electron chi connectivity index (χ1n) is 17.7. The Morgan fingerprint density at radius 1 is 0.762 bits per heavy atom. The van der Waals surface area contributed by atoms with E-state index in [2.05, 4.69) is 30.8 Å². The molecule has 0 N–H and O–H groups in total.